The van der Waals surface area contributed by atoms with Crippen molar-refractivity contribution < 1.29 is 46.1 Å². The molecular formula is C97H80Cl5F6N31O4. The molecule has 0 aliphatic carbocycles. The molecule has 1 amide bonds. The molecule has 15 heterocycles. The van der Waals surface area contributed by atoms with Crippen molar-refractivity contribution in [1.82, 2.24) is 125 Å². The summed E-state index contributed by atoms with van der Waals surface area (Å²) in [6, 6.07) is 39.3. The molecule has 0 saturated heterocycles. The molecule has 14 N–H and O–H groups in total. The molecule has 0 unspecified atom stereocenters. The molecular weight excluding hydrogens is 1950 g/mol. The van der Waals surface area contributed by atoms with E-state index in [0.717, 1.165) is 39.1 Å². The third kappa shape index (κ3) is 24.7. The van der Waals surface area contributed by atoms with E-state index < -0.39 is 17.7 Å². The smallest absolute Gasteiger partial charge is 0.354 e. The van der Waals surface area contributed by atoms with E-state index in [-0.39, 0.29) is 115 Å². The molecule has 15 aromatic heterocycles. The van der Waals surface area contributed by atoms with Gasteiger partial charge in [-0.05, 0) is 149 Å². The summed E-state index contributed by atoms with van der Waals surface area (Å²) in [4.78, 5) is 123. The number of anilines is 5. The molecule has 0 saturated carbocycles. The summed E-state index contributed by atoms with van der Waals surface area (Å²) in [5.41, 5.74) is 19.1. The maximum Gasteiger partial charge on any atom is 0.354 e. The molecule has 35 nitrogen and oxygen atoms in total. The summed E-state index contributed by atoms with van der Waals surface area (Å²) in [5, 5.41) is 36.4. The predicted molar refractivity (Wildman–Crippen MR) is 533 cm³/mol. The Morgan fingerprint density at radius 3 is 0.909 bits per heavy atom. The third-order valence-electron chi connectivity index (χ3n) is 21.6. The van der Waals surface area contributed by atoms with Gasteiger partial charge >= 0.3 is 5.97 Å². The highest BCUT2D eigenvalue weighted by molar-refractivity contribution is 6.31. The van der Waals surface area contributed by atoms with E-state index >= 15 is 0 Å². The van der Waals surface area contributed by atoms with Crippen LogP contribution < -0.4 is 32.3 Å². The highest BCUT2D eigenvalue weighted by Crippen LogP contribution is 2.36. The van der Waals surface area contributed by atoms with Crippen molar-refractivity contribution in [2.75, 3.05) is 40.7 Å². The molecule has 0 bridgehead atoms. The Balaban J connectivity index is 0.000000128. The molecule has 5 atom stereocenters. The number of primary amides is 1. The zero-order chi connectivity index (χ0) is 101. The first-order valence-corrected chi connectivity index (χ1v) is 45.2. The number of aromatic nitrogens is 24. The lowest BCUT2D eigenvalue weighted by atomic mass is 10.1. The number of fused-ring (bicyclic) bond motifs is 5. The molecule has 143 heavy (non-hydrogen) atoms. The van der Waals surface area contributed by atoms with Crippen LogP contribution in [0.5, 0.6) is 0 Å². The minimum atomic E-state index is -1.20. The van der Waals surface area contributed by atoms with Gasteiger partial charge in [-0.15, -0.1) is 0 Å². The average Bonchev–Trinajstić information content (AvgIpc) is 1.68. The van der Waals surface area contributed by atoms with E-state index in [4.69, 9.17) is 73.7 Å². The van der Waals surface area contributed by atoms with Gasteiger partial charge in [-0.3, -0.25) is 4.79 Å². The number of aromatic amines is 5. The molecule has 0 fully saturated rings. The molecule has 0 aliphatic rings. The van der Waals surface area contributed by atoms with E-state index in [9.17, 15) is 46.1 Å². The minimum absolute atomic E-state index is 0.0353. The summed E-state index contributed by atoms with van der Waals surface area (Å²) in [5.74, 6) is -0.259. The number of H-pyrrole nitrogens is 5. The molecule has 0 spiro atoms. The lowest BCUT2D eigenvalue weighted by Gasteiger charge is -2.17. The largest absolute Gasteiger partial charge is 0.477 e. The fraction of sp³-hybridized carbons (Fsp3) is 0.144. The number of rotatable bonds is 25. The van der Waals surface area contributed by atoms with E-state index in [1.807, 2.05) is 59.7 Å². The number of nitrogens with two attached hydrogens (primary N) is 1. The number of amides is 1. The van der Waals surface area contributed by atoms with Gasteiger partial charge in [0.15, 0.2) is 57.2 Å². The van der Waals surface area contributed by atoms with Crippen LogP contribution in [0.1, 0.15) is 125 Å². The number of nitrogens with one attached hydrogen (secondary N) is 10. The maximum absolute atomic E-state index is 14.4. The number of aromatic carboxylic acids is 1. The molecule has 0 aliphatic heterocycles. The van der Waals surface area contributed by atoms with Crippen LogP contribution in [0.4, 0.5) is 55.4 Å². The quantitative estimate of drug-likeness (QED) is 0.0236. The lowest BCUT2D eigenvalue weighted by molar-refractivity contribution is 0.0690. The molecule has 724 valence electrons. The molecule has 20 aromatic rings. The molecule has 0 radical (unpaired) electrons. The van der Waals surface area contributed by atoms with Gasteiger partial charge in [0.1, 0.15) is 129 Å². The van der Waals surface area contributed by atoms with E-state index in [1.165, 1.54) is 110 Å². The van der Waals surface area contributed by atoms with Crippen molar-refractivity contribution >= 4 is 155 Å². The zero-order valence-corrected chi connectivity index (χ0v) is 79.8. The minimum Gasteiger partial charge on any atom is -0.477 e. The second-order valence-electron chi connectivity index (χ2n) is 32.2. The maximum atomic E-state index is 14.4. The topological polar surface area (TPSA) is 488 Å². The molecule has 20 rings (SSSR count). The van der Waals surface area contributed by atoms with E-state index in [2.05, 4.69) is 136 Å². The van der Waals surface area contributed by atoms with Crippen molar-refractivity contribution in [2.45, 2.75) is 78.0 Å². The first kappa shape index (κ1) is 99.6. The molecule has 5 aromatic carbocycles. The highest BCUT2D eigenvalue weighted by Gasteiger charge is 2.25. The first-order chi connectivity index (χ1) is 68.7. The summed E-state index contributed by atoms with van der Waals surface area (Å²) in [6.45, 7) is 9.98. The zero-order valence-electron chi connectivity index (χ0n) is 76.0. The van der Waals surface area contributed by atoms with Gasteiger partial charge in [0.25, 0.3) is 5.91 Å². The normalized spacial score (nSPS) is 12.3. The van der Waals surface area contributed by atoms with Crippen LogP contribution in [0.3, 0.4) is 0 Å². The Morgan fingerprint density at radius 1 is 0.343 bits per heavy atom. The van der Waals surface area contributed by atoms with Gasteiger partial charge in [-0.2, -0.15) is 0 Å². The Hall–Kier alpha value is -16.4. The van der Waals surface area contributed by atoms with Gasteiger partial charge in [-0.25, -0.2) is 126 Å². The third-order valence-corrected chi connectivity index (χ3v) is 22.5. The number of carboxylic acid groups (broad SMARTS) is 1. The Labute approximate surface area is 832 Å². The Bertz CT molecular complexity index is 7810. The first-order valence-electron chi connectivity index (χ1n) is 43.3. The number of hydrogen-bond donors (Lipinski definition) is 13. The fourth-order valence-electron chi connectivity index (χ4n) is 14.6. The number of aliphatic hydroxyl groups is 1. The van der Waals surface area contributed by atoms with E-state index in [0.29, 0.717) is 136 Å². The van der Waals surface area contributed by atoms with Crippen molar-refractivity contribution in [3.8, 4) is 56.8 Å². The summed E-state index contributed by atoms with van der Waals surface area (Å²) < 4.78 is 80.3. The van der Waals surface area contributed by atoms with Crippen LogP contribution in [-0.2, 0) is 13.2 Å². The van der Waals surface area contributed by atoms with Gasteiger partial charge in [0.05, 0.1) is 71.2 Å². The number of carbonyl (C=O) groups excluding carboxylic acids is 1. The van der Waals surface area contributed by atoms with Gasteiger partial charge in [-0.1, -0.05) is 119 Å². The van der Waals surface area contributed by atoms with Crippen LogP contribution in [0, 0.1) is 34.9 Å². The van der Waals surface area contributed by atoms with Crippen molar-refractivity contribution in [3.05, 3.63) is 331 Å². The second-order valence-corrected chi connectivity index (χ2v) is 34.1. The Kier molecular flexibility index (Phi) is 30.9. The van der Waals surface area contributed by atoms with Gasteiger partial charge < -0.3 is 72.4 Å². The van der Waals surface area contributed by atoms with Crippen LogP contribution in [0.2, 0.25) is 25.8 Å². The number of pyridine rings is 1. The number of hydrogen-bond acceptors (Lipinski definition) is 28. The lowest BCUT2D eigenvalue weighted by Crippen LogP contribution is -2.16. The standard InChI is InChI=1S/C21H21ClFN7.C19H14ClF2N5.C19H15ClFN7O.C19H14ClFN6O2.C19H16ClFN6O/c1-12(13-4-6-14(23)7-5-13)26-18-8-15(11-30(2)3)27-20(29-18)16-9-24-21-19(16)28-17(22)10-25-21;1-10(11-2-4-12(21)5-3-11)25-16-7-6-14(22)17(27-16)13-8-23-19-18(13)26-15(20)9-24-19;1-9(10-2-4-11(21)5-3-10)25-15-6-13(17(22)29)26-18(28-15)12-7-23-19-16(12)27-14(20)8-24-19;1-9(10-2-4-11(21)5-3-10)24-15-6-13(19(28)29)25-17(27-15)12-7-22-18-16(12)26-14(20)8-23-18;1-10(11-2-4-12(21)5-3-11)24-16-6-13(9-28)25-18(27-16)14-7-22-19-17(14)26-15(20)8-23-19/h4-10,12H,11H2,1-3H3,(H,24,25)(H,26,27,29);2-10H,1H3,(H,23,24)(H,25,27);2-9H,1H3,(H2,22,29)(H,23,24)(H,25,26,28);2-9H,1H3,(H,22,23)(H,28,29)(H,24,25,27);2-8,10,28H,9H2,1H3,(H,22,23)(H,24,25,27)/t12-;10-;2*9-;10-/m00000/s1. The highest BCUT2D eigenvalue weighted by atomic mass is 35.5. The number of aliphatic hydroxyl groups excluding tert-OH is 1. The van der Waals surface area contributed by atoms with Crippen LogP contribution in [-0.4, -0.2) is 161 Å². The van der Waals surface area contributed by atoms with Crippen LogP contribution in [0.15, 0.2) is 220 Å². The monoisotopic (exact) mass is 2030 g/mol. The SMILES string of the molecule is C[C@H](Nc1cc(C(=O)O)nc(-c2c[nH]c3ncc(Cl)nc23)n1)c1ccc(F)cc1.C[C@H](Nc1cc(C(N)=O)nc(-c2c[nH]c3ncc(Cl)nc23)n1)c1ccc(F)cc1.C[C@H](Nc1cc(CN(C)C)nc(-c2c[nH]c3ncc(Cl)nc23)n1)c1ccc(F)cc1.C[C@H](Nc1cc(CO)nc(-c2c[nH]c3ncc(Cl)nc23)n1)c1ccc(F)cc1.C[C@H](Nc1ccc(F)c(-c2c[nH]c3ncc(Cl)nc23)n1)c1ccc(F)cc1. The number of carbonyl (C=O) groups is 2. The van der Waals surface area contributed by atoms with Crippen molar-refractivity contribution in [3.63, 3.8) is 0 Å². The number of benzene rings is 5. The number of halogens is 11. The average molecular weight is 2040 g/mol. The van der Waals surface area contributed by atoms with Gasteiger partial charge in [0.2, 0.25) is 0 Å². The Morgan fingerprint density at radius 2 is 0.608 bits per heavy atom. The van der Waals surface area contributed by atoms with Gasteiger partial charge in [0, 0.05) is 97.6 Å². The second kappa shape index (κ2) is 44.4. The summed E-state index contributed by atoms with van der Waals surface area (Å²) in [6.07, 6.45) is 15.5. The number of carboxylic acids is 1. The van der Waals surface area contributed by atoms with E-state index in [1.54, 1.807) is 104 Å². The fourth-order valence-corrected chi connectivity index (χ4v) is 15.3. The summed E-state index contributed by atoms with van der Waals surface area (Å²) in [7, 11) is 3.96. The predicted octanol–water partition coefficient (Wildman–Crippen LogP) is 21.0. The number of nitrogens with zero attached hydrogens (tertiary/aromatic N) is 20. The summed E-state index contributed by atoms with van der Waals surface area (Å²) >= 11 is 29.8. The van der Waals surface area contributed by atoms with Crippen molar-refractivity contribution in [2.24, 2.45) is 5.73 Å². The van der Waals surface area contributed by atoms with Crippen LogP contribution >= 0.6 is 58.0 Å². The molecule has 46 heteroatoms. The van der Waals surface area contributed by atoms with Crippen LogP contribution in [0.25, 0.3) is 113 Å². The van der Waals surface area contributed by atoms with Crippen molar-refractivity contribution in [1.29, 1.82) is 0 Å².